The zero-order valence-electron chi connectivity index (χ0n) is 11.2. The number of amides is 1. The molecule has 4 nitrogen and oxygen atoms in total. The van der Waals surface area contributed by atoms with Crippen molar-refractivity contribution in [3.63, 3.8) is 0 Å². The van der Waals surface area contributed by atoms with Crippen molar-refractivity contribution in [1.29, 1.82) is 0 Å². The number of rotatable bonds is 6. The van der Waals surface area contributed by atoms with Gasteiger partial charge in [-0.25, -0.2) is 0 Å². The van der Waals surface area contributed by atoms with Gasteiger partial charge in [-0.05, 0) is 5.92 Å². The van der Waals surface area contributed by atoms with Gasteiger partial charge in [0.2, 0.25) is 5.91 Å². The zero-order chi connectivity index (χ0) is 13.6. The molecule has 0 saturated carbocycles. The van der Waals surface area contributed by atoms with Gasteiger partial charge >= 0.3 is 5.97 Å². The molecule has 1 amide bonds. The monoisotopic (exact) mass is 261 g/mol. The normalized spacial score (nSPS) is 13.5. The number of aliphatic carboxylic acids is 1. The first-order valence-corrected chi connectivity index (χ1v) is 6.75. The average Bonchev–Trinajstić information content (AvgIpc) is 2.12. The maximum Gasteiger partial charge on any atom is 0.308 e. The molecule has 0 aliphatic carbocycles. The zero-order valence-corrected chi connectivity index (χ0v) is 12.1. The van der Waals surface area contributed by atoms with Crippen molar-refractivity contribution in [2.24, 2.45) is 11.8 Å². The summed E-state index contributed by atoms with van der Waals surface area (Å²) in [6.45, 7) is 10.0. The van der Waals surface area contributed by atoms with Crippen LogP contribution in [0.2, 0.25) is 0 Å². The maximum absolute atomic E-state index is 11.5. The molecule has 0 aromatic carbocycles. The van der Waals surface area contributed by atoms with Crippen LogP contribution >= 0.6 is 11.8 Å². The average molecular weight is 261 g/mol. The van der Waals surface area contributed by atoms with E-state index in [0.29, 0.717) is 5.75 Å². The van der Waals surface area contributed by atoms with Gasteiger partial charge in [0.25, 0.3) is 0 Å². The second-order valence-electron chi connectivity index (χ2n) is 5.39. The van der Waals surface area contributed by atoms with E-state index in [9.17, 15) is 9.59 Å². The van der Waals surface area contributed by atoms with Gasteiger partial charge in [0.05, 0.1) is 11.7 Å². The quantitative estimate of drug-likeness (QED) is 0.767. The maximum atomic E-state index is 11.5. The predicted molar refractivity (Wildman–Crippen MR) is 71.2 cm³/mol. The van der Waals surface area contributed by atoms with Crippen LogP contribution in [0.25, 0.3) is 0 Å². The van der Waals surface area contributed by atoms with Crippen LogP contribution in [-0.4, -0.2) is 34.0 Å². The van der Waals surface area contributed by atoms with Gasteiger partial charge in [-0.1, -0.05) is 34.6 Å². The molecular formula is C12H23NO3S. The number of carbonyl (C=O) groups is 2. The summed E-state index contributed by atoms with van der Waals surface area (Å²) in [5, 5.41) is 11.6. The Hall–Kier alpha value is -0.710. The molecule has 0 rings (SSSR count). The van der Waals surface area contributed by atoms with Gasteiger partial charge in [-0.15, -0.1) is 11.8 Å². The highest BCUT2D eigenvalue weighted by molar-refractivity contribution is 8.01. The molecule has 100 valence electrons. The van der Waals surface area contributed by atoms with Crippen LogP contribution in [0, 0.1) is 11.8 Å². The van der Waals surface area contributed by atoms with E-state index >= 15 is 0 Å². The first-order chi connectivity index (χ1) is 7.63. The van der Waals surface area contributed by atoms with Crippen LogP contribution in [0.4, 0.5) is 0 Å². The van der Waals surface area contributed by atoms with Crippen molar-refractivity contribution >= 4 is 23.6 Å². The van der Waals surface area contributed by atoms with Crippen molar-refractivity contribution in [3.05, 3.63) is 0 Å². The predicted octanol–water partition coefficient (Wildman–Crippen LogP) is 1.99. The van der Waals surface area contributed by atoms with E-state index in [-0.39, 0.29) is 23.1 Å². The van der Waals surface area contributed by atoms with Crippen molar-refractivity contribution in [2.75, 3.05) is 12.3 Å². The van der Waals surface area contributed by atoms with Crippen molar-refractivity contribution in [1.82, 2.24) is 5.32 Å². The molecule has 0 bridgehead atoms. The Bertz CT molecular complexity index is 271. The third kappa shape index (κ3) is 8.07. The Morgan fingerprint density at radius 1 is 1.29 bits per heavy atom. The van der Waals surface area contributed by atoms with Crippen LogP contribution in [0.1, 0.15) is 34.6 Å². The van der Waals surface area contributed by atoms with Crippen LogP contribution in [0.15, 0.2) is 0 Å². The number of hydrogen-bond acceptors (Lipinski definition) is 3. The molecule has 0 fully saturated rings. The van der Waals surface area contributed by atoms with Gasteiger partial charge in [0.15, 0.2) is 0 Å². The van der Waals surface area contributed by atoms with E-state index in [1.165, 1.54) is 0 Å². The summed E-state index contributed by atoms with van der Waals surface area (Å²) in [5.41, 5.74) is 0. The van der Waals surface area contributed by atoms with E-state index in [2.05, 4.69) is 5.32 Å². The third-order valence-corrected chi connectivity index (χ3v) is 3.55. The fourth-order valence-electron chi connectivity index (χ4n) is 1.17. The van der Waals surface area contributed by atoms with Gasteiger partial charge in [0.1, 0.15) is 0 Å². The molecule has 2 N–H and O–H groups in total. The molecule has 1 atom stereocenters. The Morgan fingerprint density at radius 3 is 2.18 bits per heavy atom. The summed E-state index contributed by atoms with van der Waals surface area (Å²) in [6, 6.07) is 0. The fourth-order valence-corrected chi connectivity index (χ4v) is 1.83. The van der Waals surface area contributed by atoms with Crippen molar-refractivity contribution in [3.8, 4) is 0 Å². The number of carboxylic acids is 1. The minimum absolute atomic E-state index is 0.0167. The molecular weight excluding hydrogens is 238 g/mol. The molecule has 5 heteroatoms. The standard InChI is InChI=1S/C12H23NO3S/c1-8(2)9(11(15)16)6-13-10(14)7-17-12(3,4)5/h8-9H,6-7H2,1-5H3,(H,13,14)(H,15,16). The number of thioether (sulfide) groups is 1. The van der Waals surface area contributed by atoms with Gasteiger partial charge < -0.3 is 10.4 Å². The second-order valence-corrected chi connectivity index (χ2v) is 7.20. The number of nitrogens with one attached hydrogen (secondary N) is 1. The van der Waals surface area contributed by atoms with E-state index in [4.69, 9.17) is 5.11 Å². The SMILES string of the molecule is CC(C)C(CNC(=O)CSC(C)(C)C)C(=O)O. The lowest BCUT2D eigenvalue weighted by molar-refractivity contribution is -0.143. The lowest BCUT2D eigenvalue weighted by atomic mass is 9.96. The summed E-state index contributed by atoms with van der Waals surface area (Å²) in [5.74, 6) is -1.09. The number of carboxylic acid groups (broad SMARTS) is 1. The van der Waals surface area contributed by atoms with Gasteiger partial charge in [0, 0.05) is 11.3 Å². The van der Waals surface area contributed by atoms with Gasteiger partial charge in [-0.2, -0.15) is 0 Å². The van der Waals surface area contributed by atoms with Crippen LogP contribution < -0.4 is 5.32 Å². The van der Waals surface area contributed by atoms with Gasteiger partial charge in [-0.3, -0.25) is 9.59 Å². The second kappa shape index (κ2) is 6.89. The minimum atomic E-state index is -0.858. The molecule has 0 aliphatic rings. The minimum Gasteiger partial charge on any atom is -0.481 e. The molecule has 0 aromatic rings. The summed E-state index contributed by atoms with van der Waals surface area (Å²) in [6.07, 6.45) is 0. The highest BCUT2D eigenvalue weighted by atomic mass is 32.2. The molecule has 17 heavy (non-hydrogen) atoms. The molecule has 0 heterocycles. The number of hydrogen-bond donors (Lipinski definition) is 2. The molecule has 0 aromatic heterocycles. The first-order valence-electron chi connectivity index (χ1n) is 5.77. The van der Waals surface area contributed by atoms with E-state index in [0.717, 1.165) is 0 Å². The lowest BCUT2D eigenvalue weighted by Gasteiger charge is -2.19. The van der Waals surface area contributed by atoms with E-state index < -0.39 is 11.9 Å². The Morgan fingerprint density at radius 2 is 1.82 bits per heavy atom. The largest absolute Gasteiger partial charge is 0.481 e. The van der Waals surface area contributed by atoms with Crippen LogP contribution in [0.3, 0.4) is 0 Å². The highest BCUT2D eigenvalue weighted by Gasteiger charge is 2.22. The Kier molecular flexibility index (Phi) is 6.60. The smallest absolute Gasteiger partial charge is 0.308 e. The topological polar surface area (TPSA) is 66.4 Å². The van der Waals surface area contributed by atoms with E-state index in [1.54, 1.807) is 11.8 Å². The summed E-state index contributed by atoms with van der Waals surface area (Å²) in [7, 11) is 0. The lowest BCUT2D eigenvalue weighted by Crippen LogP contribution is -2.36. The number of carbonyl (C=O) groups excluding carboxylic acids is 1. The molecule has 0 radical (unpaired) electrons. The Balaban J connectivity index is 4.02. The summed E-state index contributed by atoms with van der Waals surface area (Å²) >= 11 is 1.55. The summed E-state index contributed by atoms with van der Waals surface area (Å²) in [4.78, 5) is 22.4. The summed E-state index contributed by atoms with van der Waals surface area (Å²) < 4.78 is 0.0432. The molecule has 0 aliphatic heterocycles. The fraction of sp³-hybridized carbons (Fsp3) is 0.833. The highest BCUT2D eigenvalue weighted by Crippen LogP contribution is 2.22. The molecule has 1 unspecified atom stereocenters. The Labute approximate surface area is 108 Å². The third-order valence-electron chi connectivity index (χ3n) is 2.28. The molecule has 0 spiro atoms. The van der Waals surface area contributed by atoms with E-state index in [1.807, 2.05) is 34.6 Å². The molecule has 0 saturated heterocycles. The van der Waals surface area contributed by atoms with Crippen molar-refractivity contribution in [2.45, 2.75) is 39.4 Å². The van der Waals surface area contributed by atoms with Crippen LogP contribution in [0.5, 0.6) is 0 Å². The van der Waals surface area contributed by atoms with Crippen molar-refractivity contribution < 1.29 is 14.7 Å². The van der Waals surface area contributed by atoms with Crippen LogP contribution in [-0.2, 0) is 9.59 Å². The first kappa shape index (κ1) is 16.3.